The zero-order valence-electron chi connectivity index (χ0n) is 25.0. The number of hydrogen-bond donors (Lipinski definition) is 1. The molecule has 7 rings (SSSR count). The Kier molecular flexibility index (Phi) is 7.37. The molecule has 1 N–H and O–H groups in total. The van der Waals surface area contributed by atoms with Crippen LogP contribution in [0.2, 0.25) is 5.02 Å². The third-order valence-corrected chi connectivity index (χ3v) is 10.6. The lowest BCUT2D eigenvalue weighted by molar-refractivity contribution is -0.136. The summed E-state index contributed by atoms with van der Waals surface area (Å²) in [7, 11) is 0. The van der Waals surface area contributed by atoms with Crippen molar-refractivity contribution in [3.05, 3.63) is 69.8 Å². The molecule has 3 heterocycles. The van der Waals surface area contributed by atoms with Gasteiger partial charge < -0.3 is 9.64 Å². The van der Waals surface area contributed by atoms with Gasteiger partial charge in [-0.3, -0.25) is 24.6 Å². The highest BCUT2D eigenvalue weighted by atomic mass is 35.5. The van der Waals surface area contributed by atoms with E-state index in [-0.39, 0.29) is 30.2 Å². The number of hydrogen-bond acceptors (Lipinski definition) is 5. The first kappa shape index (κ1) is 28.6. The average Bonchev–Trinajstić information content (AvgIpc) is 3.61. The Morgan fingerprint density at radius 3 is 2.47 bits per heavy atom. The number of piperidine rings is 1. The smallest absolute Gasteiger partial charge is 0.255 e. The molecule has 3 atom stereocenters. The van der Waals surface area contributed by atoms with E-state index < -0.39 is 6.04 Å². The van der Waals surface area contributed by atoms with Crippen LogP contribution >= 0.6 is 11.6 Å². The lowest BCUT2D eigenvalue weighted by Crippen LogP contribution is -2.52. The third kappa shape index (κ3) is 5.74. The number of imide groups is 1. The number of ether oxygens (including phenoxy) is 1. The number of benzene rings is 2. The molecule has 2 aromatic carbocycles. The molecule has 0 spiro atoms. The van der Waals surface area contributed by atoms with E-state index in [9.17, 15) is 14.4 Å². The molecule has 5 aliphatic rings. The van der Waals surface area contributed by atoms with Crippen LogP contribution in [-0.4, -0.2) is 59.3 Å². The quantitative estimate of drug-likeness (QED) is 0.420. The van der Waals surface area contributed by atoms with Gasteiger partial charge in [-0.05, 0) is 103 Å². The predicted molar refractivity (Wildman–Crippen MR) is 166 cm³/mol. The first-order valence-electron chi connectivity index (χ1n) is 15.8. The second-order valence-corrected chi connectivity index (χ2v) is 14.5. The topological polar surface area (TPSA) is 79.0 Å². The maximum absolute atomic E-state index is 13.0. The van der Waals surface area contributed by atoms with Gasteiger partial charge in [-0.1, -0.05) is 43.2 Å². The van der Waals surface area contributed by atoms with Crippen molar-refractivity contribution in [2.24, 2.45) is 17.3 Å². The highest BCUT2D eigenvalue weighted by molar-refractivity contribution is 6.30. The molecule has 2 aliphatic carbocycles. The minimum Gasteiger partial charge on any atom is -0.490 e. The Hall–Kier alpha value is -3.16. The van der Waals surface area contributed by atoms with Crippen LogP contribution in [0, 0.1) is 17.3 Å². The molecule has 3 unspecified atom stereocenters. The van der Waals surface area contributed by atoms with Crippen LogP contribution < -0.4 is 10.1 Å². The molecule has 3 amide bonds. The number of nitrogens with zero attached hydrogens (tertiary/aromatic N) is 2. The molecule has 2 aromatic rings. The molecule has 2 saturated heterocycles. The summed E-state index contributed by atoms with van der Waals surface area (Å²) in [6.07, 6.45) is 6.40. The fraction of sp³-hybridized carbons (Fsp3) is 0.514. The minimum atomic E-state index is -0.600. The summed E-state index contributed by atoms with van der Waals surface area (Å²) in [5.41, 5.74) is 6.24. The van der Waals surface area contributed by atoms with E-state index in [0.29, 0.717) is 35.8 Å². The number of nitrogens with one attached hydrogen (secondary N) is 1. The van der Waals surface area contributed by atoms with Crippen molar-refractivity contribution < 1.29 is 19.1 Å². The molecule has 1 saturated carbocycles. The molecule has 0 aromatic heterocycles. The average molecular weight is 602 g/mol. The van der Waals surface area contributed by atoms with Gasteiger partial charge in [-0.2, -0.15) is 0 Å². The van der Waals surface area contributed by atoms with Crippen molar-refractivity contribution in [1.29, 1.82) is 0 Å². The standard InChI is InChI=1S/C35H40ClN3O4/c1-35(2)12-11-22(30(16-35)21-3-5-26(36)6-4-21)17-38-18-23-13-28(14-24(23)19-38)43-27-7-8-29-25(15-27)20-39(34(29)42)31-9-10-32(40)37-33(31)41/h3-8,15,23-24,28,31H,9-14,16-20H2,1-2H3,(H,37,40,41). The molecule has 0 radical (unpaired) electrons. The van der Waals surface area contributed by atoms with Gasteiger partial charge in [0.25, 0.3) is 5.91 Å². The molecule has 8 heteroatoms. The van der Waals surface area contributed by atoms with E-state index in [4.69, 9.17) is 16.3 Å². The van der Waals surface area contributed by atoms with E-state index in [1.54, 1.807) is 10.5 Å². The van der Waals surface area contributed by atoms with Crippen molar-refractivity contribution in [3.63, 3.8) is 0 Å². The van der Waals surface area contributed by atoms with Crippen LogP contribution in [0.25, 0.3) is 5.57 Å². The van der Waals surface area contributed by atoms with E-state index in [1.807, 2.05) is 30.3 Å². The van der Waals surface area contributed by atoms with Crippen LogP contribution in [0.4, 0.5) is 0 Å². The van der Waals surface area contributed by atoms with Crippen LogP contribution in [0.1, 0.15) is 80.3 Å². The van der Waals surface area contributed by atoms with Crippen LogP contribution in [0.15, 0.2) is 48.0 Å². The Morgan fingerprint density at radius 1 is 1.00 bits per heavy atom. The number of allylic oxidation sites excluding steroid dienone is 1. The first-order valence-corrected chi connectivity index (χ1v) is 16.1. The fourth-order valence-corrected chi connectivity index (χ4v) is 8.24. The van der Waals surface area contributed by atoms with E-state index in [0.717, 1.165) is 61.7 Å². The van der Waals surface area contributed by atoms with Gasteiger partial charge in [0.2, 0.25) is 11.8 Å². The van der Waals surface area contributed by atoms with Gasteiger partial charge in [0.05, 0.1) is 6.10 Å². The molecule has 0 bridgehead atoms. The minimum absolute atomic E-state index is 0.151. The Bertz CT molecular complexity index is 1480. The van der Waals surface area contributed by atoms with Gasteiger partial charge in [0, 0.05) is 43.2 Å². The number of halogens is 1. The van der Waals surface area contributed by atoms with E-state index in [2.05, 4.69) is 36.2 Å². The van der Waals surface area contributed by atoms with Gasteiger partial charge in [-0.25, -0.2) is 0 Å². The Morgan fingerprint density at radius 2 is 1.74 bits per heavy atom. The molecular formula is C35H40ClN3O4. The van der Waals surface area contributed by atoms with E-state index >= 15 is 0 Å². The molecular weight excluding hydrogens is 562 g/mol. The number of carbonyl (C=O) groups is 3. The SMILES string of the molecule is CC1(C)CCC(CN2CC3CC(Oc4ccc5c(c4)CN(C4CCC(=O)NC4=O)C5=O)CC3C2)=C(c2ccc(Cl)cc2)C1. The zero-order valence-corrected chi connectivity index (χ0v) is 25.8. The van der Waals surface area contributed by atoms with Crippen molar-refractivity contribution >= 4 is 34.9 Å². The van der Waals surface area contributed by atoms with Crippen LogP contribution in [0.3, 0.4) is 0 Å². The van der Waals surface area contributed by atoms with Crippen molar-refractivity contribution in [2.45, 2.75) is 77.5 Å². The normalized spacial score (nSPS) is 28.7. The largest absolute Gasteiger partial charge is 0.490 e. The number of amides is 3. The summed E-state index contributed by atoms with van der Waals surface area (Å²) in [6.45, 7) is 8.42. The summed E-state index contributed by atoms with van der Waals surface area (Å²) in [4.78, 5) is 41.2. The summed E-state index contributed by atoms with van der Waals surface area (Å²) in [6, 6.07) is 13.5. The maximum Gasteiger partial charge on any atom is 0.255 e. The summed E-state index contributed by atoms with van der Waals surface area (Å²) in [5.74, 6) is 1.27. The zero-order chi connectivity index (χ0) is 29.9. The van der Waals surface area contributed by atoms with Crippen molar-refractivity contribution in [2.75, 3.05) is 19.6 Å². The van der Waals surface area contributed by atoms with E-state index in [1.165, 1.54) is 17.6 Å². The molecule has 43 heavy (non-hydrogen) atoms. The molecule has 3 aliphatic heterocycles. The highest BCUT2D eigenvalue weighted by Crippen LogP contribution is 2.45. The van der Waals surface area contributed by atoms with Gasteiger partial charge in [-0.15, -0.1) is 0 Å². The number of carbonyl (C=O) groups excluding carboxylic acids is 3. The lowest BCUT2D eigenvalue weighted by Gasteiger charge is -2.35. The summed E-state index contributed by atoms with van der Waals surface area (Å²) < 4.78 is 6.49. The summed E-state index contributed by atoms with van der Waals surface area (Å²) >= 11 is 6.20. The van der Waals surface area contributed by atoms with Crippen LogP contribution in [0.5, 0.6) is 5.75 Å². The number of likely N-dealkylation sites (tertiary alicyclic amines) is 1. The fourth-order valence-electron chi connectivity index (χ4n) is 8.12. The second-order valence-electron chi connectivity index (χ2n) is 14.1. The molecule has 226 valence electrons. The Balaban J connectivity index is 0.968. The molecule has 3 fully saturated rings. The van der Waals surface area contributed by atoms with Gasteiger partial charge in [0.15, 0.2) is 0 Å². The van der Waals surface area contributed by atoms with Gasteiger partial charge >= 0.3 is 0 Å². The predicted octanol–water partition coefficient (Wildman–Crippen LogP) is 5.85. The Labute approximate surface area is 258 Å². The van der Waals surface area contributed by atoms with Gasteiger partial charge in [0.1, 0.15) is 11.8 Å². The van der Waals surface area contributed by atoms with Crippen LogP contribution in [-0.2, 0) is 16.1 Å². The third-order valence-electron chi connectivity index (χ3n) is 10.4. The lowest BCUT2D eigenvalue weighted by atomic mass is 9.72. The maximum atomic E-state index is 13.0. The number of rotatable bonds is 6. The monoisotopic (exact) mass is 601 g/mol. The second kappa shape index (κ2) is 11.1. The molecule has 7 nitrogen and oxygen atoms in total. The summed E-state index contributed by atoms with van der Waals surface area (Å²) in [5, 5.41) is 3.15. The highest BCUT2D eigenvalue weighted by Gasteiger charge is 2.43. The van der Waals surface area contributed by atoms with Crippen molar-refractivity contribution in [3.8, 4) is 5.75 Å². The number of fused-ring (bicyclic) bond motifs is 2. The first-order chi connectivity index (χ1) is 20.6. The van der Waals surface area contributed by atoms with Crippen molar-refractivity contribution in [1.82, 2.24) is 15.1 Å².